The topological polar surface area (TPSA) is 148 Å². The Labute approximate surface area is 296 Å². The van der Waals surface area contributed by atoms with Gasteiger partial charge in [0.1, 0.15) is 11.6 Å². The van der Waals surface area contributed by atoms with Crippen LogP contribution < -0.4 is 22.6 Å². The predicted molar refractivity (Wildman–Crippen MR) is 207 cm³/mol. The summed E-state index contributed by atoms with van der Waals surface area (Å²) in [5.41, 5.74) is 16.3. The zero-order valence-electron chi connectivity index (χ0n) is 30.5. The molecule has 0 unspecified atom stereocenters. The van der Waals surface area contributed by atoms with Crippen molar-refractivity contribution < 1.29 is 0 Å². The third kappa shape index (κ3) is 9.58. The summed E-state index contributed by atoms with van der Waals surface area (Å²) in [6, 6.07) is 7.48. The monoisotopic (exact) mass is 682 g/mol. The standard InChI is InChI=1S/C40H58N8O2/c1-3-5-7-9-11-13-15-17-19-21-23-47-31-25-30-32(26-29(31)43-37-33(47)27-35(41)45-39(37)49)48(34-28-36(42)46-40(50)38(34)44-30)24-22-20-18-16-14-12-10-8-6-4-2/h25-28H,3-24H2,1-2H3,(H2,41,45,49)(H2,42,46,50). The molecule has 270 valence electrons. The average molecular weight is 683 g/mol. The van der Waals surface area contributed by atoms with Crippen LogP contribution in [0.5, 0.6) is 0 Å². The van der Waals surface area contributed by atoms with Crippen LogP contribution >= 0.6 is 0 Å². The lowest BCUT2D eigenvalue weighted by molar-refractivity contribution is 0.538. The zero-order valence-corrected chi connectivity index (χ0v) is 30.5. The molecule has 0 saturated carbocycles. The molecule has 0 amide bonds. The van der Waals surface area contributed by atoms with Gasteiger partial charge in [0.2, 0.25) is 0 Å². The molecule has 0 radical (unpaired) electrons. The number of pyridine rings is 2. The molecule has 4 heterocycles. The number of aromatic nitrogens is 6. The molecule has 4 N–H and O–H groups in total. The number of unbranched alkanes of at least 4 members (excludes halogenated alkanes) is 18. The predicted octanol–water partition coefficient (Wildman–Crippen LogP) is 9.11. The number of nitrogens with zero attached hydrogens (tertiary/aromatic N) is 6. The number of anilines is 2. The minimum Gasteiger partial charge on any atom is -0.384 e. The first-order valence-corrected chi connectivity index (χ1v) is 19.5. The summed E-state index contributed by atoms with van der Waals surface area (Å²) in [6.07, 6.45) is 24.7. The normalized spacial score (nSPS) is 11.9. The highest BCUT2D eigenvalue weighted by Crippen LogP contribution is 2.31. The summed E-state index contributed by atoms with van der Waals surface area (Å²) in [5, 5.41) is 0. The Morgan fingerprint density at radius 2 is 0.780 bits per heavy atom. The average Bonchev–Trinajstić information content (AvgIpc) is 3.09. The van der Waals surface area contributed by atoms with E-state index < -0.39 is 11.1 Å². The number of benzene rings is 1. The maximum absolute atomic E-state index is 13.1. The van der Waals surface area contributed by atoms with Crippen molar-refractivity contribution in [2.75, 3.05) is 11.5 Å². The van der Waals surface area contributed by atoms with Crippen LogP contribution in [0.25, 0.3) is 44.8 Å². The lowest BCUT2D eigenvalue weighted by Gasteiger charge is -2.21. The second kappa shape index (κ2) is 18.8. The molecule has 0 aromatic heterocycles. The highest BCUT2D eigenvalue weighted by Gasteiger charge is 2.22. The smallest absolute Gasteiger partial charge is 0.299 e. The number of hydrogen-bond acceptors (Lipinski definition) is 8. The van der Waals surface area contributed by atoms with Gasteiger partial charge in [-0.05, 0) is 25.0 Å². The molecule has 10 nitrogen and oxygen atoms in total. The van der Waals surface area contributed by atoms with E-state index in [9.17, 15) is 9.59 Å². The molecule has 0 spiro atoms. The van der Waals surface area contributed by atoms with Crippen molar-refractivity contribution in [2.24, 2.45) is 0 Å². The summed E-state index contributed by atoms with van der Waals surface area (Å²) >= 11 is 0. The number of aryl methyl sites for hydroxylation is 2. The van der Waals surface area contributed by atoms with Gasteiger partial charge in [-0.3, -0.25) is 9.59 Å². The van der Waals surface area contributed by atoms with E-state index in [1.807, 2.05) is 12.1 Å². The van der Waals surface area contributed by atoms with Crippen molar-refractivity contribution in [3.05, 3.63) is 45.0 Å². The number of nitrogen functional groups attached to an aromatic ring is 2. The van der Waals surface area contributed by atoms with Crippen LogP contribution in [0.15, 0.2) is 33.9 Å². The van der Waals surface area contributed by atoms with E-state index in [-0.39, 0.29) is 11.6 Å². The molecule has 4 aliphatic heterocycles. The van der Waals surface area contributed by atoms with E-state index in [1.54, 1.807) is 12.1 Å². The molecule has 0 aliphatic carbocycles. The lowest BCUT2D eigenvalue weighted by Crippen LogP contribution is -2.21. The number of hydrogen-bond donors (Lipinski definition) is 2. The molecule has 0 fully saturated rings. The van der Waals surface area contributed by atoms with Crippen molar-refractivity contribution in [2.45, 2.75) is 155 Å². The molecule has 0 saturated heterocycles. The number of fused-ring (bicyclic) bond motifs is 4. The Kier molecular flexibility index (Phi) is 14.0. The molecule has 5 rings (SSSR count). The van der Waals surface area contributed by atoms with Crippen LogP contribution in [0.1, 0.15) is 142 Å². The SMILES string of the molecule is CCCCCCCCCCCCn1c2cc(N)nc(=O)c-2nc2cc3c(cc21)nc1c(=O)nc(N)cc-1n3CCCCCCCCCCCC. The van der Waals surface area contributed by atoms with Gasteiger partial charge in [-0.25, -0.2) is 9.97 Å². The minimum atomic E-state index is -0.427. The van der Waals surface area contributed by atoms with Crippen LogP contribution in [0, 0.1) is 0 Å². The van der Waals surface area contributed by atoms with Crippen molar-refractivity contribution in [3.63, 3.8) is 0 Å². The van der Waals surface area contributed by atoms with E-state index in [0.29, 0.717) is 46.9 Å². The Morgan fingerprint density at radius 1 is 0.460 bits per heavy atom. The zero-order chi connectivity index (χ0) is 35.3. The summed E-state index contributed by atoms with van der Waals surface area (Å²) in [6.45, 7) is 5.92. The fourth-order valence-corrected chi connectivity index (χ4v) is 7.33. The number of rotatable bonds is 22. The van der Waals surface area contributed by atoms with E-state index in [1.165, 1.54) is 103 Å². The fourth-order valence-electron chi connectivity index (χ4n) is 7.33. The van der Waals surface area contributed by atoms with Gasteiger partial charge in [0.25, 0.3) is 11.1 Å². The maximum Gasteiger partial charge on any atom is 0.299 e. The summed E-state index contributed by atoms with van der Waals surface area (Å²) in [5.74, 6) is 0.360. The van der Waals surface area contributed by atoms with Gasteiger partial charge in [-0.2, -0.15) is 9.97 Å². The van der Waals surface area contributed by atoms with Crippen molar-refractivity contribution in [3.8, 4) is 22.8 Å². The first kappa shape index (κ1) is 37.2. The molecule has 10 heteroatoms. The highest BCUT2D eigenvalue weighted by molar-refractivity contribution is 5.94. The van der Waals surface area contributed by atoms with Crippen LogP contribution in [0.2, 0.25) is 0 Å². The van der Waals surface area contributed by atoms with Crippen molar-refractivity contribution in [1.82, 2.24) is 29.1 Å². The van der Waals surface area contributed by atoms with Crippen LogP contribution in [-0.2, 0) is 13.1 Å². The Hall–Kier alpha value is -4.08. The largest absolute Gasteiger partial charge is 0.384 e. The van der Waals surface area contributed by atoms with E-state index in [0.717, 1.165) is 36.7 Å². The van der Waals surface area contributed by atoms with Crippen molar-refractivity contribution in [1.29, 1.82) is 0 Å². The first-order valence-electron chi connectivity index (χ1n) is 19.5. The van der Waals surface area contributed by atoms with E-state index in [2.05, 4.69) is 32.9 Å². The highest BCUT2D eigenvalue weighted by atomic mass is 16.1. The van der Waals surface area contributed by atoms with E-state index >= 15 is 0 Å². The molecular weight excluding hydrogens is 624 g/mol. The molecule has 50 heavy (non-hydrogen) atoms. The van der Waals surface area contributed by atoms with Crippen LogP contribution in [0.4, 0.5) is 11.6 Å². The van der Waals surface area contributed by atoms with Gasteiger partial charge < -0.3 is 20.6 Å². The maximum atomic E-state index is 13.1. The minimum absolute atomic E-state index is 0.180. The van der Waals surface area contributed by atoms with Crippen LogP contribution in [-0.4, -0.2) is 29.1 Å². The third-order valence-corrected chi connectivity index (χ3v) is 10.1. The molecule has 1 aromatic carbocycles. The second-order valence-corrected chi connectivity index (χ2v) is 14.2. The van der Waals surface area contributed by atoms with E-state index in [4.69, 9.17) is 21.4 Å². The molecular formula is C40H58N8O2. The lowest BCUT2D eigenvalue weighted by atomic mass is 10.1. The van der Waals surface area contributed by atoms with Gasteiger partial charge in [0, 0.05) is 25.2 Å². The molecule has 0 bridgehead atoms. The van der Waals surface area contributed by atoms with Gasteiger partial charge >= 0.3 is 0 Å². The van der Waals surface area contributed by atoms with Gasteiger partial charge in [-0.1, -0.05) is 129 Å². The summed E-state index contributed by atoms with van der Waals surface area (Å²) in [4.78, 5) is 43.9. The van der Waals surface area contributed by atoms with Crippen molar-refractivity contribution >= 4 is 33.7 Å². The third-order valence-electron chi connectivity index (χ3n) is 10.1. The molecule has 0 atom stereocenters. The summed E-state index contributed by atoms with van der Waals surface area (Å²) < 4.78 is 4.28. The Balaban J connectivity index is 1.42. The fraction of sp³-hybridized carbons (Fsp3) is 0.600. The second-order valence-electron chi connectivity index (χ2n) is 14.2. The van der Waals surface area contributed by atoms with Gasteiger partial charge in [0.05, 0.1) is 33.5 Å². The first-order chi connectivity index (χ1) is 24.4. The quantitative estimate of drug-likeness (QED) is 0.0542. The Bertz CT molecular complexity index is 1740. The molecule has 4 aliphatic rings. The van der Waals surface area contributed by atoms with Crippen LogP contribution in [0.3, 0.4) is 0 Å². The Morgan fingerprint density at radius 3 is 1.12 bits per heavy atom. The summed E-state index contributed by atoms with van der Waals surface area (Å²) in [7, 11) is 0. The van der Waals surface area contributed by atoms with Gasteiger partial charge in [0.15, 0.2) is 11.4 Å². The van der Waals surface area contributed by atoms with Gasteiger partial charge in [-0.15, -0.1) is 0 Å². The molecule has 1 aromatic rings. The number of nitrogens with two attached hydrogens (primary N) is 2.